The fourth-order valence-corrected chi connectivity index (χ4v) is 4.15. The molecule has 1 fully saturated rings. The largest absolute Gasteiger partial charge is 0.308 e. The number of nitrogens with one attached hydrogen (secondary N) is 1. The van der Waals surface area contributed by atoms with E-state index in [-0.39, 0.29) is 5.54 Å². The molecule has 1 N–H and O–H groups in total. The molecular weight excluding hydrogens is 330 g/mol. The number of hydrogen-bond donors (Lipinski definition) is 1. The summed E-state index contributed by atoms with van der Waals surface area (Å²) in [5.41, 5.74) is 1.78. The highest BCUT2D eigenvalue weighted by molar-refractivity contribution is 9.10. The molecule has 1 aromatic rings. The monoisotopic (exact) mass is 355 g/mol. The van der Waals surface area contributed by atoms with Crippen molar-refractivity contribution >= 4 is 33.3 Å². The van der Waals surface area contributed by atoms with Gasteiger partial charge in [0.2, 0.25) is 0 Å². The minimum atomic E-state index is 0.184. The summed E-state index contributed by atoms with van der Waals surface area (Å²) in [5, 5.41) is 5.84. The Labute approximate surface area is 136 Å². The summed E-state index contributed by atoms with van der Waals surface area (Å²) in [6, 6.07) is 2.23. The average Bonchev–Trinajstić information content (AvgIpc) is 2.80. The molecule has 20 heavy (non-hydrogen) atoms. The normalized spacial score (nSPS) is 18.5. The van der Waals surface area contributed by atoms with Gasteiger partial charge in [0.05, 0.1) is 0 Å². The van der Waals surface area contributed by atoms with Crippen LogP contribution in [-0.4, -0.2) is 12.1 Å². The maximum atomic E-state index is 3.67. The molecule has 0 aromatic carbocycles. The molecule has 1 heterocycles. The van der Waals surface area contributed by atoms with Crippen molar-refractivity contribution in [1.29, 1.82) is 0 Å². The third-order valence-electron chi connectivity index (χ3n) is 3.87. The second kappa shape index (κ2) is 7.24. The van der Waals surface area contributed by atoms with E-state index in [0.717, 1.165) is 12.5 Å². The van der Waals surface area contributed by atoms with Gasteiger partial charge in [-0.05, 0) is 67.6 Å². The van der Waals surface area contributed by atoms with Crippen molar-refractivity contribution in [2.24, 2.45) is 5.92 Å². The number of rotatable bonds is 4. The van der Waals surface area contributed by atoms with Crippen molar-refractivity contribution in [1.82, 2.24) is 5.32 Å². The number of hydrogen-bond acceptors (Lipinski definition) is 2. The molecule has 0 bridgehead atoms. The second-order valence-corrected chi connectivity index (χ2v) is 8.68. The number of thiophene rings is 1. The van der Waals surface area contributed by atoms with E-state index in [9.17, 15) is 0 Å². The van der Waals surface area contributed by atoms with Crippen molar-refractivity contribution in [3.05, 3.63) is 26.4 Å². The van der Waals surface area contributed by atoms with Gasteiger partial charge >= 0.3 is 0 Å². The van der Waals surface area contributed by atoms with Gasteiger partial charge in [-0.1, -0.05) is 24.8 Å². The fourth-order valence-electron chi connectivity index (χ4n) is 2.74. The van der Waals surface area contributed by atoms with Gasteiger partial charge in [-0.3, -0.25) is 0 Å². The van der Waals surface area contributed by atoms with Gasteiger partial charge < -0.3 is 5.32 Å². The van der Waals surface area contributed by atoms with Crippen LogP contribution in [0.25, 0.3) is 6.08 Å². The highest BCUT2D eigenvalue weighted by atomic mass is 79.9. The first-order chi connectivity index (χ1) is 9.44. The molecule has 1 aliphatic rings. The van der Waals surface area contributed by atoms with Crippen LogP contribution >= 0.6 is 27.3 Å². The zero-order valence-corrected chi connectivity index (χ0v) is 15.2. The molecular formula is C17H26BrNS. The maximum absolute atomic E-state index is 3.67. The van der Waals surface area contributed by atoms with Crippen LogP contribution < -0.4 is 5.32 Å². The molecule has 0 atom stereocenters. The Kier molecular flexibility index (Phi) is 5.88. The van der Waals surface area contributed by atoms with Gasteiger partial charge in [-0.15, -0.1) is 11.3 Å². The van der Waals surface area contributed by atoms with Gasteiger partial charge in [-0.25, -0.2) is 0 Å². The Balaban J connectivity index is 2.12. The van der Waals surface area contributed by atoms with Crippen LogP contribution in [0.15, 0.2) is 21.5 Å². The first-order valence-corrected chi connectivity index (χ1v) is 9.31. The van der Waals surface area contributed by atoms with E-state index < -0.39 is 0 Å². The van der Waals surface area contributed by atoms with E-state index in [4.69, 9.17) is 0 Å². The van der Waals surface area contributed by atoms with E-state index >= 15 is 0 Å². The molecule has 1 aliphatic carbocycles. The second-order valence-electron chi connectivity index (χ2n) is 6.83. The maximum Gasteiger partial charge on any atom is 0.0288 e. The molecule has 0 unspecified atom stereocenters. The zero-order chi connectivity index (χ0) is 14.6. The van der Waals surface area contributed by atoms with E-state index in [1.807, 2.05) is 11.3 Å². The molecule has 112 valence electrons. The molecule has 0 aliphatic heterocycles. The van der Waals surface area contributed by atoms with Crippen molar-refractivity contribution in [3.63, 3.8) is 0 Å². The van der Waals surface area contributed by atoms with Gasteiger partial charge in [0.15, 0.2) is 0 Å². The minimum Gasteiger partial charge on any atom is -0.308 e. The summed E-state index contributed by atoms with van der Waals surface area (Å²) in [5.74, 6) is 0.777. The van der Waals surface area contributed by atoms with Crippen molar-refractivity contribution in [3.8, 4) is 0 Å². The van der Waals surface area contributed by atoms with E-state index in [1.165, 1.54) is 41.5 Å². The summed E-state index contributed by atoms with van der Waals surface area (Å²) in [6.07, 6.45) is 9.36. The molecule has 1 aromatic heterocycles. The van der Waals surface area contributed by atoms with Gasteiger partial charge in [-0.2, -0.15) is 0 Å². The van der Waals surface area contributed by atoms with E-state index in [0.29, 0.717) is 0 Å². The Morgan fingerprint density at radius 3 is 2.60 bits per heavy atom. The Hall–Kier alpha value is -0.120. The third kappa shape index (κ3) is 5.34. The summed E-state index contributed by atoms with van der Waals surface area (Å²) in [4.78, 5) is 1.37. The highest BCUT2D eigenvalue weighted by Crippen LogP contribution is 2.32. The van der Waals surface area contributed by atoms with Gasteiger partial charge in [0.1, 0.15) is 0 Å². The lowest BCUT2D eigenvalue weighted by atomic mass is 9.83. The molecule has 1 nitrogen and oxygen atoms in total. The Morgan fingerprint density at radius 1 is 1.35 bits per heavy atom. The molecule has 0 radical (unpaired) electrons. The van der Waals surface area contributed by atoms with Gasteiger partial charge in [0, 0.05) is 26.8 Å². The molecule has 0 spiro atoms. The van der Waals surface area contributed by atoms with E-state index in [1.54, 1.807) is 5.57 Å². The zero-order valence-electron chi connectivity index (χ0n) is 12.8. The highest BCUT2D eigenvalue weighted by Gasteiger charge is 2.19. The first kappa shape index (κ1) is 16.3. The van der Waals surface area contributed by atoms with Crippen LogP contribution in [0, 0.1) is 5.92 Å². The summed E-state index contributed by atoms with van der Waals surface area (Å²) >= 11 is 5.38. The predicted octanol–water partition coefficient (Wildman–Crippen LogP) is 5.86. The van der Waals surface area contributed by atoms with Crippen molar-refractivity contribution < 1.29 is 0 Å². The standard InChI is InChI=1S/C17H26BrNS/c1-17(2,3)19-11-14(13-7-5-4-6-8-13)9-16-10-15(18)12-20-16/h9-10,12-13,19H,4-8,11H2,1-3H3. The topological polar surface area (TPSA) is 12.0 Å². The quantitative estimate of drug-likeness (QED) is 0.712. The van der Waals surface area contributed by atoms with Crippen molar-refractivity contribution in [2.75, 3.05) is 6.54 Å². The van der Waals surface area contributed by atoms with E-state index in [2.05, 4.69) is 59.5 Å². The molecule has 0 amide bonds. The SMILES string of the molecule is CC(C)(C)NCC(=Cc1cc(Br)cs1)C1CCCCC1. The third-order valence-corrected chi connectivity index (χ3v) is 5.51. The summed E-state index contributed by atoms with van der Waals surface area (Å²) in [6.45, 7) is 7.75. The van der Waals surface area contributed by atoms with Crippen LogP contribution in [0.2, 0.25) is 0 Å². The molecule has 3 heteroatoms. The van der Waals surface area contributed by atoms with Crippen LogP contribution in [0.5, 0.6) is 0 Å². The average molecular weight is 356 g/mol. The van der Waals surface area contributed by atoms with Crippen LogP contribution in [0.1, 0.15) is 57.8 Å². The predicted molar refractivity (Wildman–Crippen MR) is 94.3 cm³/mol. The molecule has 2 rings (SSSR count). The molecule has 1 saturated carbocycles. The summed E-state index contributed by atoms with van der Waals surface area (Å²) in [7, 11) is 0. The minimum absolute atomic E-state index is 0.184. The Bertz CT molecular complexity index is 450. The van der Waals surface area contributed by atoms with Crippen LogP contribution in [-0.2, 0) is 0 Å². The first-order valence-electron chi connectivity index (χ1n) is 7.63. The summed E-state index contributed by atoms with van der Waals surface area (Å²) < 4.78 is 1.19. The van der Waals surface area contributed by atoms with Gasteiger partial charge in [0.25, 0.3) is 0 Å². The number of halogens is 1. The Morgan fingerprint density at radius 2 is 2.05 bits per heavy atom. The lowest BCUT2D eigenvalue weighted by Gasteiger charge is -2.28. The molecule has 0 saturated heterocycles. The van der Waals surface area contributed by atoms with Crippen molar-refractivity contribution in [2.45, 2.75) is 58.4 Å². The lowest BCUT2D eigenvalue weighted by molar-refractivity contribution is 0.378. The fraction of sp³-hybridized carbons (Fsp3) is 0.647. The van der Waals surface area contributed by atoms with Crippen LogP contribution in [0.4, 0.5) is 0 Å². The van der Waals surface area contributed by atoms with Crippen LogP contribution in [0.3, 0.4) is 0 Å². The smallest absolute Gasteiger partial charge is 0.0288 e. The lowest BCUT2D eigenvalue weighted by Crippen LogP contribution is -2.38.